The number of fused-ring (bicyclic) bond motifs is 9. The van der Waals surface area contributed by atoms with Crippen LogP contribution in [0.25, 0.3) is 97.8 Å². The van der Waals surface area contributed by atoms with Crippen molar-refractivity contribution in [3.63, 3.8) is 0 Å². The zero-order valence-electron chi connectivity index (χ0n) is 24.4. The van der Waals surface area contributed by atoms with Crippen LogP contribution in [0.2, 0.25) is 0 Å². The third kappa shape index (κ3) is 3.89. The van der Waals surface area contributed by atoms with E-state index in [4.69, 9.17) is 19.4 Å². The molecule has 0 fully saturated rings. The fourth-order valence-corrected chi connectivity index (χ4v) is 7.90. The Bertz CT molecular complexity index is 2820. The lowest BCUT2D eigenvalue weighted by molar-refractivity contribution is 0.669. The van der Waals surface area contributed by atoms with Gasteiger partial charge in [0, 0.05) is 53.0 Å². The summed E-state index contributed by atoms with van der Waals surface area (Å²) < 4.78 is 8.86. The molecule has 5 heteroatoms. The minimum Gasteiger partial charge on any atom is -0.456 e. The van der Waals surface area contributed by atoms with Gasteiger partial charge in [-0.05, 0) is 58.6 Å². The molecule has 0 radical (unpaired) electrons. The smallest absolute Gasteiger partial charge is 0.164 e. The molecule has 0 saturated heterocycles. The predicted molar refractivity (Wildman–Crippen MR) is 191 cm³/mol. The number of furan rings is 1. The summed E-state index contributed by atoms with van der Waals surface area (Å²) in [7, 11) is 0. The summed E-state index contributed by atoms with van der Waals surface area (Å²) >= 11 is 1.84. The molecule has 4 nitrogen and oxygen atoms in total. The van der Waals surface area contributed by atoms with Crippen LogP contribution in [0.15, 0.2) is 144 Å². The maximum absolute atomic E-state index is 6.30. The molecule has 0 unspecified atom stereocenters. The second-order valence-corrected chi connectivity index (χ2v) is 12.7. The molecular formula is C41H23N3OS. The van der Waals surface area contributed by atoms with Crippen molar-refractivity contribution in [1.82, 2.24) is 15.0 Å². The summed E-state index contributed by atoms with van der Waals surface area (Å²) in [5.74, 6) is 1.92. The lowest BCUT2D eigenvalue weighted by Gasteiger charge is -2.11. The van der Waals surface area contributed by atoms with Crippen LogP contribution in [-0.4, -0.2) is 15.0 Å². The van der Waals surface area contributed by atoms with E-state index >= 15 is 0 Å². The van der Waals surface area contributed by atoms with Crippen LogP contribution in [0.3, 0.4) is 0 Å². The molecule has 0 atom stereocenters. The first-order valence-electron chi connectivity index (χ1n) is 15.3. The van der Waals surface area contributed by atoms with Gasteiger partial charge >= 0.3 is 0 Å². The highest BCUT2D eigenvalue weighted by atomic mass is 32.1. The minimum absolute atomic E-state index is 0.625. The lowest BCUT2D eigenvalue weighted by Crippen LogP contribution is -2.00. The quantitative estimate of drug-likeness (QED) is 0.201. The van der Waals surface area contributed by atoms with E-state index in [2.05, 4.69) is 109 Å². The van der Waals surface area contributed by atoms with Crippen LogP contribution in [0.1, 0.15) is 0 Å². The van der Waals surface area contributed by atoms with E-state index in [1.165, 1.54) is 30.9 Å². The average Bonchev–Trinajstić information content (AvgIpc) is 3.68. The van der Waals surface area contributed by atoms with Crippen molar-refractivity contribution in [1.29, 1.82) is 0 Å². The van der Waals surface area contributed by atoms with Crippen LogP contribution >= 0.6 is 11.3 Å². The molecule has 46 heavy (non-hydrogen) atoms. The summed E-state index contributed by atoms with van der Waals surface area (Å²) in [5, 5.41) is 9.25. The van der Waals surface area contributed by atoms with Gasteiger partial charge in [0.05, 0.1) is 0 Å². The Morgan fingerprint density at radius 3 is 1.91 bits per heavy atom. The van der Waals surface area contributed by atoms with Crippen LogP contribution in [0.5, 0.6) is 0 Å². The zero-order valence-corrected chi connectivity index (χ0v) is 25.3. The van der Waals surface area contributed by atoms with E-state index in [0.717, 1.165) is 49.4 Å². The Labute approximate surface area is 267 Å². The summed E-state index contributed by atoms with van der Waals surface area (Å²) in [6.45, 7) is 0. The third-order valence-corrected chi connectivity index (χ3v) is 10.1. The molecular weight excluding hydrogens is 583 g/mol. The first-order chi connectivity index (χ1) is 22.8. The van der Waals surface area contributed by atoms with Gasteiger partial charge in [-0.25, -0.2) is 15.0 Å². The van der Waals surface area contributed by atoms with Crippen LogP contribution in [0.4, 0.5) is 0 Å². The molecule has 0 spiro atoms. The molecule has 0 aliphatic rings. The Hall–Kier alpha value is -5.91. The van der Waals surface area contributed by atoms with Crippen LogP contribution < -0.4 is 0 Å². The van der Waals surface area contributed by atoms with E-state index < -0.39 is 0 Å². The molecule has 0 bridgehead atoms. The van der Waals surface area contributed by atoms with E-state index in [-0.39, 0.29) is 0 Å². The van der Waals surface area contributed by atoms with Gasteiger partial charge in [-0.1, -0.05) is 97.1 Å². The van der Waals surface area contributed by atoms with Gasteiger partial charge < -0.3 is 4.42 Å². The standard InChI is InChI=1S/C41H23N3OS/c1-2-10-24(11-3-1)39-42-40(27-18-19-35-31(21-27)32-20-25-12-4-5-13-26(25)22-36(32)45-35)44-41(43-39)34-23-33-29-15-8-9-17-37(29)46-38(33)30-16-7-6-14-28(30)34/h1-23H. The molecule has 3 aromatic heterocycles. The van der Waals surface area contributed by atoms with Gasteiger partial charge in [-0.2, -0.15) is 0 Å². The summed E-state index contributed by atoms with van der Waals surface area (Å²) in [4.78, 5) is 15.4. The number of nitrogens with zero attached hydrogens (tertiary/aromatic N) is 3. The van der Waals surface area contributed by atoms with Crippen molar-refractivity contribution >= 4 is 75.0 Å². The molecule has 0 aliphatic carbocycles. The number of thiophene rings is 1. The van der Waals surface area contributed by atoms with Gasteiger partial charge in [0.25, 0.3) is 0 Å². The van der Waals surface area contributed by atoms with Crippen molar-refractivity contribution in [3.8, 4) is 34.2 Å². The summed E-state index contributed by atoms with van der Waals surface area (Å²) in [5.41, 5.74) is 4.56. The highest BCUT2D eigenvalue weighted by molar-refractivity contribution is 7.26. The summed E-state index contributed by atoms with van der Waals surface area (Å²) in [6, 6.07) is 48.5. The second kappa shape index (κ2) is 9.80. The first kappa shape index (κ1) is 25.4. The van der Waals surface area contributed by atoms with Crippen molar-refractivity contribution in [2.24, 2.45) is 0 Å². The Kier molecular flexibility index (Phi) is 5.41. The monoisotopic (exact) mass is 605 g/mol. The number of hydrogen-bond donors (Lipinski definition) is 0. The van der Waals surface area contributed by atoms with Gasteiger partial charge in [-0.15, -0.1) is 11.3 Å². The molecule has 0 amide bonds. The van der Waals surface area contributed by atoms with E-state index in [9.17, 15) is 0 Å². The molecule has 10 rings (SSSR count). The third-order valence-electron chi connectivity index (χ3n) is 8.89. The Morgan fingerprint density at radius 2 is 1.07 bits per heavy atom. The molecule has 0 aliphatic heterocycles. The number of aromatic nitrogens is 3. The Morgan fingerprint density at radius 1 is 0.413 bits per heavy atom. The van der Waals surface area contributed by atoms with Gasteiger partial charge in [-0.3, -0.25) is 0 Å². The maximum atomic E-state index is 6.30. The SMILES string of the molecule is c1ccc(-c2nc(-c3ccc4oc5cc6ccccc6cc5c4c3)nc(-c3cc4c5ccccc5sc4c4ccccc34)n2)cc1. The fourth-order valence-electron chi connectivity index (χ4n) is 6.67. The topological polar surface area (TPSA) is 51.8 Å². The number of hydrogen-bond acceptors (Lipinski definition) is 5. The highest BCUT2D eigenvalue weighted by Gasteiger charge is 2.19. The fraction of sp³-hybridized carbons (Fsp3) is 0. The molecule has 10 aromatic rings. The van der Waals surface area contributed by atoms with Crippen molar-refractivity contribution in [2.45, 2.75) is 0 Å². The van der Waals surface area contributed by atoms with Gasteiger partial charge in [0.1, 0.15) is 11.2 Å². The molecule has 214 valence electrons. The summed E-state index contributed by atoms with van der Waals surface area (Å²) in [6.07, 6.45) is 0. The maximum Gasteiger partial charge on any atom is 0.164 e. The van der Waals surface area contributed by atoms with Crippen molar-refractivity contribution < 1.29 is 4.42 Å². The van der Waals surface area contributed by atoms with Crippen LogP contribution in [-0.2, 0) is 0 Å². The average molecular weight is 606 g/mol. The molecule has 0 saturated carbocycles. The largest absolute Gasteiger partial charge is 0.456 e. The number of rotatable bonds is 3. The van der Waals surface area contributed by atoms with Gasteiger partial charge in [0.2, 0.25) is 0 Å². The molecule has 0 N–H and O–H groups in total. The molecule has 7 aromatic carbocycles. The van der Waals surface area contributed by atoms with Crippen LogP contribution in [0, 0.1) is 0 Å². The second-order valence-electron chi connectivity index (χ2n) is 11.6. The Balaban J connectivity index is 1.24. The molecule has 3 heterocycles. The van der Waals surface area contributed by atoms with E-state index in [1.54, 1.807) is 0 Å². The van der Waals surface area contributed by atoms with Crippen molar-refractivity contribution in [3.05, 3.63) is 140 Å². The lowest BCUT2D eigenvalue weighted by atomic mass is 9.99. The number of benzene rings is 7. The van der Waals surface area contributed by atoms with Crippen molar-refractivity contribution in [2.75, 3.05) is 0 Å². The zero-order chi connectivity index (χ0) is 30.2. The first-order valence-corrected chi connectivity index (χ1v) is 16.1. The van der Waals surface area contributed by atoms with E-state index in [1.807, 2.05) is 41.7 Å². The highest BCUT2D eigenvalue weighted by Crippen LogP contribution is 2.42. The minimum atomic E-state index is 0.625. The van der Waals surface area contributed by atoms with Gasteiger partial charge in [0.15, 0.2) is 17.5 Å². The predicted octanol–water partition coefficient (Wildman–Crippen LogP) is 11.4. The normalized spacial score (nSPS) is 11.9. The van der Waals surface area contributed by atoms with E-state index in [0.29, 0.717) is 17.5 Å².